The number of ketones is 1. The first-order chi connectivity index (χ1) is 13.9. The van der Waals surface area contributed by atoms with E-state index in [1.165, 1.54) is 30.0 Å². The number of H-pyrrole nitrogens is 1. The maximum atomic E-state index is 13.8. The van der Waals surface area contributed by atoms with Crippen LogP contribution in [-0.4, -0.2) is 33.2 Å². The molecule has 2 N–H and O–H groups in total. The number of aryl methyl sites for hydroxylation is 1. The molecule has 0 spiro atoms. The van der Waals surface area contributed by atoms with Crippen LogP contribution < -0.4 is 0 Å². The molecule has 1 amide bonds. The van der Waals surface area contributed by atoms with Gasteiger partial charge in [-0.2, -0.15) is 0 Å². The lowest BCUT2D eigenvalue weighted by molar-refractivity contribution is -0.129. The number of hydrogen-bond acceptors (Lipinski definition) is 3. The van der Waals surface area contributed by atoms with Gasteiger partial charge in [0.05, 0.1) is 11.6 Å². The van der Waals surface area contributed by atoms with Crippen molar-refractivity contribution in [1.82, 2.24) is 9.88 Å². The predicted molar refractivity (Wildman–Crippen MR) is 108 cm³/mol. The molecule has 148 valence electrons. The average Bonchev–Trinajstić information content (AvgIpc) is 3.14. The third-order valence-electron chi connectivity index (χ3n) is 5.48. The van der Waals surface area contributed by atoms with Crippen LogP contribution in [0.4, 0.5) is 4.39 Å². The zero-order chi connectivity index (χ0) is 20.7. The normalized spacial score (nSPS) is 16.9. The van der Waals surface area contributed by atoms with Gasteiger partial charge < -0.3 is 15.0 Å². The fourth-order valence-corrected chi connectivity index (χ4v) is 4.16. The van der Waals surface area contributed by atoms with Crippen molar-refractivity contribution < 1.29 is 19.1 Å². The number of aromatic amines is 1. The number of aromatic nitrogens is 1. The molecule has 0 fully saturated rings. The number of benzene rings is 2. The van der Waals surface area contributed by atoms with Crippen LogP contribution in [-0.2, 0) is 16.0 Å². The van der Waals surface area contributed by atoms with Gasteiger partial charge in [0.2, 0.25) is 0 Å². The zero-order valence-electron chi connectivity index (χ0n) is 16.2. The summed E-state index contributed by atoms with van der Waals surface area (Å²) in [7, 11) is 0. The first kappa shape index (κ1) is 18.9. The number of hydrogen-bond donors (Lipinski definition) is 2. The van der Waals surface area contributed by atoms with Gasteiger partial charge in [-0.05, 0) is 49.6 Å². The van der Waals surface area contributed by atoms with Crippen molar-refractivity contribution in [2.45, 2.75) is 26.3 Å². The highest BCUT2D eigenvalue weighted by Crippen LogP contribution is 2.38. The maximum absolute atomic E-state index is 13.8. The number of fused-ring (bicyclic) bond motifs is 1. The van der Waals surface area contributed by atoms with E-state index in [9.17, 15) is 19.1 Å². The number of nitrogens with one attached hydrogen (secondary N) is 1. The molecule has 2 heterocycles. The summed E-state index contributed by atoms with van der Waals surface area (Å²) < 4.78 is 13.8. The molecule has 3 aromatic rings. The molecule has 29 heavy (non-hydrogen) atoms. The fraction of sp³-hybridized carbons (Fsp3) is 0.217. The highest BCUT2D eigenvalue weighted by Gasteiger charge is 2.42. The molecule has 1 unspecified atom stereocenters. The largest absolute Gasteiger partial charge is 0.503 e. The van der Waals surface area contributed by atoms with Crippen LogP contribution in [0.2, 0.25) is 0 Å². The Kier molecular flexibility index (Phi) is 4.70. The molecule has 1 atom stereocenters. The van der Waals surface area contributed by atoms with Gasteiger partial charge in [-0.3, -0.25) is 9.59 Å². The average molecular weight is 392 g/mol. The van der Waals surface area contributed by atoms with Crippen molar-refractivity contribution >= 4 is 22.6 Å². The van der Waals surface area contributed by atoms with E-state index < -0.39 is 29.3 Å². The summed E-state index contributed by atoms with van der Waals surface area (Å²) in [5, 5.41) is 11.4. The highest BCUT2D eigenvalue weighted by molar-refractivity contribution is 6.08. The molecule has 2 aromatic carbocycles. The standard InChI is InChI=1S/C23H21FN2O3/c1-13-17(18-8-3-4-9-19(18)25-13)10-11-26-21(15-6-5-7-16(24)12-15)20(14(2)27)22(28)23(26)29/h3-9,12,21,25,28H,10-11H2,1-2H3. The third kappa shape index (κ3) is 3.20. The molecule has 1 aliphatic rings. The lowest BCUT2D eigenvalue weighted by Gasteiger charge is -2.26. The Morgan fingerprint density at radius 1 is 1.21 bits per heavy atom. The van der Waals surface area contributed by atoms with E-state index in [0.29, 0.717) is 12.0 Å². The molecule has 0 saturated carbocycles. The first-order valence-electron chi connectivity index (χ1n) is 9.45. The number of aliphatic hydroxyl groups is 1. The Balaban J connectivity index is 1.70. The van der Waals surface area contributed by atoms with Gasteiger partial charge in [-0.25, -0.2) is 4.39 Å². The number of halogens is 1. The SMILES string of the molecule is CC(=O)C1=C(O)C(=O)N(CCc2c(C)[nH]c3ccccc23)C1c1cccc(F)c1. The topological polar surface area (TPSA) is 73.4 Å². The number of rotatable bonds is 5. The quantitative estimate of drug-likeness (QED) is 0.685. The van der Waals surface area contributed by atoms with Crippen LogP contribution in [0.3, 0.4) is 0 Å². The molecular formula is C23H21FN2O3. The first-order valence-corrected chi connectivity index (χ1v) is 9.45. The lowest BCUT2D eigenvalue weighted by Crippen LogP contribution is -2.33. The van der Waals surface area contributed by atoms with E-state index in [2.05, 4.69) is 4.98 Å². The van der Waals surface area contributed by atoms with E-state index >= 15 is 0 Å². The predicted octanol–water partition coefficient (Wildman–Crippen LogP) is 4.14. The second-order valence-electron chi connectivity index (χ2n) is 7.30. The molecule has 0 bridgehead atoms. The smallest absolute Gasteiger partial charge is 0.290 e. The fourth-order valence-electron chi connectivity index (χ4n) is 4.16. The van der Waals surface area contributed by atoms with Crippen molar-refractivity contribution in [1.29, 1.82) is 0 Å². The lowest BCUT2D eigenvalue weighted by atomic mass is 9.96. The van der Waals surface area contributed by atoms with Gasteiger partial charge in [-0.15, -0.1) is 0 Å². The van der Waals surface area contributed by atoms with Crippen molar-refractivity contribution in [3.05, 3.63) is 82.5 Å². The van der Waals surface area contributed by atoms with E-state index in [-0.39, 0.29) is 12.1 Å². The minimum absolute atomic E-state index is 0.0104. The van der Waals surface area contributed by atoms with Gasteiger partial charge >= 0.3 is 0 Å². The van der Waals surface area contributed by atoms with Crippen LogP contribution >= 0.6 is 0 Å². The summed E-state index contributed by atoms with van der Waals surface area (Å²) in [4.78, 5) is 29.7. The van der Waals surface area contributed by atoms with Crippen LogP contribution in [0.25, 0.3) is 10.9 Å². The Morgan fingerprint density at radius 3 is 2.69 bits per heavy atom. The molecule has 0 radical (unpaired) electrons. The number of para-hydroxylation sites is 1. The van der Waals surface area contributed by atoms with Gasteiger partial charge in [0.15, 0.2) is 11.5 Å². The van der Waals surface area contributed by atoms with Crippen molar-refractivity contribution in [2.24, 2.45) is 0 Å². The van der Waals surface area contributed by atoms with Gasteiger partial charge in [0.1, 0.15) is 5.82 Å². The number of carbonyl (C=O) groups excluding carboxylic acids is 2. The zero-order valence-corrected chi connectivity index (χ0v) is 16.2. The monoisotopic (exact) mass is 392 g/mol. The van der Waals surface area contributed by atoms with Crippen LogP contribution in [0, 0.1) is 12.7 Å². The highest BCUT2D eigenvalue weighted by atomic mass is 19.1. The van der Waals surface area contributed by atoms with Crippen LogP contribution in [0.5, 0.6) is 0 Å². The Hall–Kier alpha value is -3.41. The van der Waals surface area contributed by atoms with Crippen molar-refractivity contribution in [3.8, 4) is 0 Å². The van der Waals surface area contributed by atoms with E-state index in [0.717, 1.165) is 22.2 Å². The Bertz CT molecular complexity index is 1160. The van der Waals surface area contributed by atoms with Crippen molar-refractivity contribution in [2.75, 3.05) is 6.54 Å². The molecule has 6 heteroatoms. The number of aliphatic hydroxyl groups excluding tert-OH is 1. The number of carbonyl (C=O) groups is 2. The minimum atomic E-state index is -0.804. The van der Waals surface area contributed by atoms with E-state index in [1.807, 2.05) is 31.2 Å². The number of Topliss-reactive ketones (excluding diaryl/α,β-unsaturated/α-hetero) is 1. The minimum Gasteiger partial charge on any atom is -0.503 e. The summed E-state index contributed by atoms with van der Waals surface area (Å²) >= 11 is 0. The molecule has 0 aliphatic carbocycles. The molecule has 1 aliphatic heterocycles. The van der Waals surface area contributed by atoms with Gasteiger partial charge in [0.25, 0.3) is 5.91 Å². The van der Waals surface area contributed by atoms with Crippen LogP contribution in [0.15, 0.2) is 59.9 Å². The maximum Gasteiger partial charge on any atom is 0.290 e. The molecule has 0 saturated heterocycles. The molecular weight excluding hydrogens is 371 g/mol. The summed E-state index contributed by atoms with van der Waals surface area (Å²) in [6.07, 6.45) is 0.534. The van der Waals surface area contributed by atoms with E-state index in [1.54, 1.807) is 6.07 Å². The third-order valence-corrected chi connectivity index (χ3v) is 5.48. The molecule has 5 nitrogen and oxygen atoms in total. The Morgan fingerprint density at radius 2 is 1.97 bits per heavy atom. The second-order valence-corrected chi connectivity index (χ2v) is 7.30. The van der Waals surface area contributed by atoms with Crippen LogP contribution in [0.1, 0.15) is 29.8 Å². The van der Waals surface area contributed by atoms with Gasteiger partial charge in [-0.1, -0.05) is 30.3 Å². The summed E-state index contributed by atoms with van der Waals surface area (Å²) in [6.45, 7) is 3.56. The van der Waals surface area contributed by atoms with Crippen molar-refractivity contribution in [3.63, 3.8) is 0 Å². The summed E-state index contributed by atoms with van der Waals surface area (Å²) in [6, 6.07) is 12.9. The molecule has 4 rings (SSSR count). The van der Waals surface area contributed by atoms with Gasteiger partial charge in [0, 0.05) is 23.1 Å². The summed E-state index contributed by atoms with van der Waals surface area (Å²) in [5.41, 5.74) is 3.56. The summed E-state index contributed by atoms with van der Waals surface area (Å²) in [5.74, 6) is -2.03. The Labute approximate surface area is 167 Å². The second kappa shape index (κ2) is 7.20. The van der Waals surface area contributed by atoms with E-state index in [4.69, 9.17) is 0 Å². The number of amides is 1. The molecule has 1 aromatic heterocycles. The number of nitrogens with zero attached hydrogens (tertiary/aromatic N) is 1.